The first-order chi connectivity index (χ1) is 9.99. The molecule has 0 aliphatic heterocycles. The van der Waals surface area contributed by atoms with Gasteiger partial charge in [-0.2, -0.15) is 0 Å². The van der Waals surface area contributed by atoms with Crippen LogP contribution in [-0.2, 0) is 0 Å². The van der Waals surface area contributed by atoms with Gasteiger partial charge in [0, 0.05) is 21.2 Å². The maximum absolute atomic E-state index is 10.1. The summed E-state index contributed by atoms with van der Waals surface area (Å²) >= 11 is 12.3. The van der Waals surface area contributed by atoms with E-state index in [-0.39, 0.29) is 5.75 Å². The number of phenols is 1. The van der Waals surface area contributed by atoms with E-state index < -0.39 is 0 Å². The summed E-state index contributed by atoms with van der Waals surface area (Å²) in [7, 11) is 0. The third-order valence-corrected chi connectivity index (χ3v) is 3.41. The standard InChI is InChI=1S/C17H15Cl2NO/c1-11(2)10-20-17(13-5-3-4-6-15(13)19)14-9-12(18)7-8-16(14)21/h3-9,21H,1,10H2,2H3. The van der Waals surface area contributed by atoms with Gasteiger partial charge in [0.15, 0.2) is 0 Å². The predicted molar refractivity (Wildman–Crippen MR) is 89.9 cm³/mol. The van der Waals surface area contributed by atoms with Gasteiger partial charge in [-0.25, -0.2) is 0 Å². The number of benzene rings is 2. The Hall–Kier alpha value is -1.77. The van der Waals surface area contributed by atoms with Gasteiger partial charge in [0.25, 0.3) is 0 Å². The smallest absolute Gasteiger partial charge is 0.125 e. The molecular weight excluding hydrogens is 305 g/mol. The molecule has 2 rings (SSSR count). The van der Waals surface area contributed by atoms with Crippen LogP contribution in [0.2, 0.25) is 10.0 Å². The molecule has 2 aromatic rings. The normalized spacial score (nSPS) is 11.5. The number of rotatable bonds is 4. The molecule has 2 aromatic carbocycles. The van der Waals surface area contributed by atoms with Crippen molar-refractivity contribution in [3.05, 3.63) is 75.8 Å². The van der Waals surface area contributed by atoms with Gasteiger partial charge in [0.1, 0.15) is 5.75 Å². The zero-order chi connectivity index (χ0) is 15.4. The summed E-state index contributed by atoms with van der Waals surface area (Å²) in [5, 5.41) is 11.2. The molecule has 0 spiro atoms. The van der Waals surface area contributed by atoms with E-state index in [1.165, 1.54) is 0 Å². The lowest BCUT2D eigenvalue weighted by Crippen LogP contribution is -2.06. The zero-order valence-corrected chi connectivity index (χ0v) is 13.1. The van der Waals surface area contributed by atoms with E-state index >= 15 is 0 Å². The van der Waals surface area contributed by atoms with Crippen LogP contribution in [0.3, 0.4) is 0 Å². The first kappa shape index (κ1) is 15.6. The van der Waals surface area contributed by atoms with Crippen LogP contribution >= 0.6 is 23.2 Å². The van der Waals surface area contributed by atoms with Crippen LogP contribution in [0.25, 0.3) is 0 Å². The zero-order valence-electron chi connectivity index (χ0n) is 11.6. The van der Waals surface area contributed by atoms with E-state index in [2.05, 4.69) is 11.6 Å². The monoisotopic (exact) mass is 319 g/mol. The minimum Gasteiger partial charge on any atom is -0.507 e. The van der Waals surface area contributed by atoms with Crippen molar-refractivity contribution < 1.29 is 5.11 Å². The van der Waals surface area contributed by atoms with Crippen LogP contribution in [-0.4, -0.2) is 17.4 Å². The quantitative estimate of drug-likeness (QED) is 0.616. The summed E-state index contributed by atoms with van der Waals surface area (Å²) in [5.74, 6) is 0.111. The Bertz CT molecular complexity index is 708. The largest absolute Gasteiger partial charge is 0.507 e. The molecule has 21 heavy (non-hydrogen) atoms. The summed E-state index contributed by atoms with van der Waals surface area (Å²) in [6.07, 6.45) is 0. The average molecular weight is 320 g/mol. The molecule has 0 amide bonds. The average Bonchev–Trinajstić information content (AvgIpc) is 2.44. The van der Waals surface area contributed by atoms with Crippen molar-refractivity contribution in [2.75, 3.05) is 6.54 Å². The number of hydrogen-bond acceptors (Lipinski definition) is 2. The van der Waals surface area contributed by atoms with Gasteiger partial charge < -0.3 is 5.11 Å². The molecule has 0 saturated heterocycles. The molecule has 0 aliphatic carbocycles. The van der Waals surface area contributed by atoms with E-state index in [9.17, 15) is 5.11 Å². The van der Waals surface area contributed by atoms with Crippen molar-refractivity contribution >= 4 is 28.9 Å². The topological polar surface area (TPSA) is 32.6 Å². The summed E-state index contributed by atoms with van der Waals surface area (Å²) in [6, 6.07) is 12.2. The Kier molecular flexibility index (Phi) is 5.05. The van der Waals surface area contributed by atoms with Crippen molar-refractivity contribution in [2.45, 2.75) is 6.92 Å². The van der Waals surface area contributed by atoms with Crippen molar-refractivity contribution in [1.82, 2.24) is 0 Å². The van der Waals surface area contributed by atoms with Crippen LogP contribution in [0.4, 0.5) is 0 Å². The molecule has 108 valence electrons. The van der Waals surface area contributed by atoms with Crippen LogP contribution in [0.15, 0.2) is 59.6 Å². The van der Waals surface area contributed by atoms with E-state index in [1.807, 2.05) is 25.1 Å². The number of halogens is 2. The van der Waals surface area contributed by atoms with Gasteiger partial charge in [-0.05, 0) is 31.2 Å². The third-order valence-electron chi connectivity index (χ3n) is 2.85. The molecule has 0 heterocycles. The molecule has 0 atom stereocenters. The minimum absolute atomic E-state index is 0.111. The molecule has 2 nitrogen and oxygen atoms in total. The summed E-state index contributed by atoms with van der Waals surface area (Å²) in [4.78, 5) is 4.54. The number of aromatic hydroxyl groups is 1. The highest BCUT2D eigenvalue weighted by Gasteiger charge is 2.14. The second-order valence-electron chi connectivity index (χ2n) is 4.76. The third kappa shape index (κ3) is 3.87. The molecule has 0 aromatic heterocycles. The molecule has 0 radical (unpaired) electrons. The second-order valence-corrected chi connectivity index (χ2v) is 5.61. The highest BCUT2D eigenvalue weighted by atomic mass is 35.5. The molecule has 0 fully saturated rings. The minimum atomic E-state index is 0.111. The van der Waals surface area contributed by atoms with Crippen LogP contribution < -0.4 is 0 Å². The Balaban J connectivity index is 2.62. The fourth-order valence-electron chi connectivity index (χ4n) is 1.88. The summed E-state index contributed by atoms with van der Waals surface area (Å²) in [5.41, 5.74) is 2.82. The molecular formula is C17H15Cl2NO. The van der Waals surface area contributed by atoms with Crippen LogP contribution in [0.5, 0.6) is 5.75 Å². The Morgan fingerprint density at radius 2 is 1.86 bits per heavy atom. The molecule has 1 N–H and O–H groups in total. The van der Waals surface area contributed by atoms with E-state index in [1.54, 1.807) is 24.3 Å². The first-order valence-electron chi connectivity index (χ1n) is 6.41. The highest BCUT2D eigenvalue weighted by Crippen LogP contribution is 2.27. The maximum atomic E-state index is 10.1. The van der Waals surface area contributed by atoms with Crippen molar-refractivity contribution in [2.24, 2.45) is 4.99 Å². The lowest BCUT2D eigenvalue weighted by atomic mass is 10.0. The number of aliphatic imine (C=N–C) groups is 1. The lowest BCUT2D eigenvalue weighted by molar-refractivity contribution is 0.474. The van der Waals surface area contributed by atoms with E-state index in [0.29, 0.717) is 27.9 Å². The van der Waals surface area contributed by atoms with Gasteiger partial charge in [-0.3, -0.25) is 4.99 Å². The number of hydrogen-bond donors (Lipinski definition) is 1. The van der Waals surface area contributed by atoms with Crippen molar-refractivity contribution in [3.63, 3.8) is 0 Å². The molecule has 0 unspecified atom stereocenters. The van der Waals surface area contributed by atoms with E-state index in [0.717, 1.165) is 11.1 Å². The lowest BCUT2D eigenvalue weighted by Gasteiger charge is -2.11. The molecule has 0 bridgehead atoms. The van der Waals surface area contributed by atoms with Crippen molar-refractivity contribution in [1.29, 1.82) is 0 Å². The summed E-state index contributed by atoms with van der Waals surface area (Å²) in [6.45, 7) is 6.19. The number of phenolic OH excluding ortho intramolecular Hbond substituents is 1. The van der Waals surface area contributed by atoms with Gasteiger partial charge in [-0.1, -0.05) is 53.6 Å². The second kappa shape index (κ2) is 6.79. The summed E-state index contributed by atoms with van der Waals surface area (Å²) < 4.78 is 0. The van der Waals surface area contributed by atoms with Crippen molar-refractivity contribution in [3.8, 4) is 5.75 Å². The molecule has 4 heteroatoms. The van der Waals surface area contributed by atoms with Gasteiger partial charge in [0.2, 0.25) is 0 Å². The van der Waals surface area contributed by atoms with Gasteiger partial charge in [0.05, 0.1) is 12.3 Å². The van der Waals surface area contributed by atoms with Crippen LogP contribution in [0, 0.1) is 0 Å². The molecule has 0 aliphatic rings. The van der Waals surface area contributed by atoms with Gasteiger partial charge in [-0.15, -0.1) is 0 Å². The number of nitrogens with zero attached hydrogens (tertiary/aromatic N) is 1. The Morgan fingerprint density at radius 1 is 1.14 bits per heavy atom. The predicted octanol–water partition coefficient (Wildman–Crippen LogP) is 5.11. The van der Waals surface area contributed by atoms with Gasteiger partial charge >= 0.3 is 0 Å². The van der Waals surface area contributed by atoms with E-state index in [4.69, 9.17) is 23.2 Å². The molecule has 0 saturated carbocycles. The Morgan fingerprint density at radius 3 is 2.52 bits per heavy atom. The van der Waals surface area contributed by atoms with Crippen LogP contribution in [0.1, 0.15) is 18.1 Å². The fraction of sp³-hybridized carbons (Fsp3) is 0.118. The fourth-order valence-corrected chi connectivity index (χ4v) is 2.28. The first-order valence-corrected chi connectivity index (χ1v) is 7.17. The SMILES string of the molecule is C=C(C)CN=C(c1cc(Cl)ccc1O)c1ccccc1Cl. The highest BCUT2D eigenvalue weighted by molar-refractivity contribution is 6.36. The Labute approximate surface area is 134 Å². The maximum Gasteiger partial charge on any atom is 0.125 e.